The van der Waals surface area contributed by atoms with Crippen LogP contribution in [0.3, 0.4) is 0 Å². The molecule has 0 heterocycles. The quantitative estimate of drug-likeness (QED) is 0.433. The van der Waals surface area contributed by atoms with Gasteiger partial charge in [-0.3, -0.25) is 0 Å². The van der Waals surface area contributed by atoms with E-state index in [4.69, 9.17) is 5.26 Å². The van der Waals surface area contributed by atoms with Crippen LogP contribution in [0.15, 0.2) is 24.0 Å². The molecule has 0 radical (unpaired) electrons. The molecule has 1 rings (SSSR count). The van der Waals surface area contributed by atoms with Crippen LogP contribution in [0, 0.1) is 0 Å². The number of hydrogen-bond acceptors (Lipinski definition) is 3. The zero-order chi connectivity index (χ0) is 5.82. The molecule has 0 atom stereocenters. The summed E-state index contributed by atoms with van der Waals surface area (Å²) in [5.74, 6) is 0.618. The van der Waals surface area contributed by atoms with Gasteiger partial charge in [0.25, 0.3) is 0 Å². The molecule has 0 amide bonds. The van der Waals surface area contributed by atoms with Gasteiger partial charge in [0.05, 0.1) is 0 Å². The standard InChI is InChI=1S/C5H6O3/c6-8-7-5-3-1-2-4-5/h1-3,6H,4H2. The molecule has 0 unspecified atom stereocenters. The van der Waals surface area contributed by atoms with E-state index in [1.165, 1.54) is 0 Å². The molecule has 0 spiro atoms. The minimum Gasteiger partial charge on any atom is -0.313 e. The van der Waals surface area contributed by atoms with Crippen molar-refractivity contribution in [2.75, 3.05) is 0 Å². The highest BCUT2D eigenvalue weighted by Gasteiger charge is 1.98. The van der Waals surface area contributed by atoms with Gasteiger partial charge in [-0.25, -0.2) is 5.26 Å². The lowest BCUT2D eigenvalue weighted by Gasteiger charge is -1.94. The Morgan fingerprint density at radius 2 is 2.50 bits per heavy atom. The third-order valence-electron chi connectivity index (χ3n) is 0.882. The first-order chi connectivity index (χ1) is 3.93. The van der Waals surface area contributed by atoms with Crippen LogP contribution in [0.5, 0.6) is 0 Å². The Morgan fingerprint density at radius 1 is 1.62 bits per heavy atom. The third-order valence-corrected chi connectivity index (χ3v) is 0.882. The van der Waals surface area contributed by atoms with Crippen molar-refractivity contribution in [1.82, 2.24) is 0 Å². The Morgan fingerprint density at radius 3 is 3.00 bits per heavy atom. The summed E-state index contributed by atoms with van der Waals surface area (Å²) in [5, 5.41) is 11.2. The van der Waals surface area contributed by atoms with Crippen molar-refractivity contribution in [3.8, 4) is 0 Å². The maximum atomic E-state index is 7.74. The number of allylic oxidation sites excluding steroid dienone is 3. The van der Waals surface area contributed by atoms with Gasteiger partial charge in [0.1, 0.15) is 5.76 Å². The van der Waals surface area contributed by atoms with Crippen LogP contribution in [0.1, 0.15) is 6.42 Å². The van der Waals surface area contributed by atoms with Crippen molar-refractivity contribution >= 4 is 0 Å². The largest absolute Gasteiger partial charge is 0.313 e. The van der Waals surface area contributed by atoms with Gasteiger partial charge in [0.2, 0.25) is 0 Å². The van der Waals surface area contributed by atoms with E-state index in [0.29, 0.717) is 12.2 Å². The first kappa shape index (κ1) is 5.34. The zero-order valence-corrected chi connectivity index (χ0v) is 4.20. The summed E-state index contributed by atoms with van der Waals surface area (Å²) >= 11 is 0. The molecule has 0 aromatic heterocycles. The molecule has 0 aromatic rings. The summed E-state index contributed by atoms with van der Waals surface area (Å²) in [4.78, 5) is 4.26. The van der Waals surface area contributed by atoms with E-state index >= 15 is 0 Å². The van der Waals surface area contributed by atoms with Crippen LogP contribution >= 0.6 is 0 Å². The summed E-state index contributed by atoms with van der Waals surface area (Å²) in [5.41, 5.74) is 0. The van der Waals surface area contributed by atoms with Gasteiger partial charge < -0.3 is 4.89 Å². The Balaban J connectivity index is 2.28. The highest BCUT2D eigenvalue weighted by molar-refractivity contribution is 5.17. The third kappa shape index (κ3) is 1.08. The zero-order valence-electron chi connectivity index (χ0n) is 4.20. The molecule has 0 aliphatic heterocycles. The summed E-state index contributed by atoms with van der Waals surface area (Å²) < 4.78 is 0. The topological polar surface area (TPSA) is 38.7 Å². The predicted octanol–water partition coefficient (Wildman–Crippen LogP) is 1.25. The van der Waals surface area contributed by atoms with Crippen LogP contribution in [0.25, 0.3) is 0 Å². The van der Waals surface area contributed by atoms with Crippen LogP contribution < -0.4 is 0 Å². The van der Waals surface area contributed by atoms with E-state index in [2.05, 4.69) is 9.93 Å². The number of hydrogen-bond donors (Lipinski definition) is 1. The second-order valence-corrected chi connectivity index (χ2v) is 1.42. The van der Waals surface area contributed by atoms with Gasteiger partial charge in [-0.05, 0) is 11.1 Å². The molecule has 1 aliphatic rings. The van der Waals surface area contributed by atoms with Crippen molar-refractivity contribution in [1.29, 1.82) is 0 Å². The van der Waals surface area contributed by atoms with Gasteiger partial charge in [-0.1, -0.05) is 12.2 Å². The lowest BCUT2D eigenvalue weighted by atomic mass is 10.4. The SMILES string of the molecule is OOOC1=CC=CC1. The van der Waals surface area contributed by atoms with Crippen molar-refractivity contribution in [3.05, 3.63) is 24.0 Å². The molecule has 0 fully saturated rings. The van der Waals surface area contributed by atoms with Crippen LogP contribution in [-0.2, 0) is 9.93 Å². The fourth-order valence-corrected chi connectivity index (χ4v) is 0.537. The molecule has 8 heavy (non-hydrogen) atoms. The molecule has 44 valence electrons. The average molecular weight is 114 g/mol. The van der Waals surface area contributed by atoms with Gasteiger partial charge in [0, 0.05) is 6.42 Å². The van der Waals surface area contributed by atoms with Crippen molar-refractivity contribution in [3.63, 3.8) is 0 Å². The van der Waals surface area contributed by atoms with Crippen molar-refractivity contribution in [2.45, 2.75) is 6.42 Å². The van der Waals surface area contributed by atoms with Crippen LogP contribution in [0.2, 0.25) is 0 Å². The second kappa shape index (κ2) is 2.49. The van der Waals surface area contributed by atoms with E-state index in [9.17, 15) is 0 Å². The van der Waals surface area contributed by atoms with Gasteiger partial charge in [-0.2, -0.15) is 0 Å². The highest BCUT2D eigenvalue weighted by Crippen LogP contribution is 2.10. The molecular weight excluding hydrogens is 108 g/mol. The Labute approximate surface area is 46.7 Å². The Bertz CT molecular complexity index is 126. The first-order valence-corrected chi connectivity index (χ1v) is 2.27. The van der Waals surface area contributed by atoms with E-state index in [1.54, 1.807) is 6.08 Å². The lowest BCUT2D eigenvalue weighted by Crippen LogP contribution is -1.86. The first-order valence-electron chi connectivity index (χ1n) is 2.27. The van der Waals surface area contributed by atoms with E-state index in [0.717, 1.165) is 0 Å². The molecule has 1 aliphatic carbocycles. The minimum atomic E-state index is 0.618. The predicted molar refractivity (Wildman–Crippen MR) is 26.6 cm³/mol. The molecular formula is C5H6O3. The lowest BCUT2D eigenvalue weighted by molar-refractivity contribution is -0.472. The summed E-state index contributed by atoms with van der Waals surface area (Å²) in [7, 11) is 0. The van der Waals surface area contributed by atoms with Gasteiger partial charge in [-0.15, -0.1) is 0 Å². The molecule has 3 nitrogen and oxygen atoms in total. The Hall–Kier alpha value is -0.800. The van der Waals surface area contributed by atoms with Crippen LogP contribution in [-0.4, -0.2) is 5.26 Å². The minimum absolute atomic E-state index is 0.618. The average Bonchev–Trinajstić information content (AvgIpc) is 2.19. The summed E-state index contributed by atoms with van der Waals surface area (Å²) in [6, 6.07) is 0. The fourth-order valence-electron chi connectivity index (χ4n) is 0.537. The Kier molecular flexibility index (Phi) is 1.66. The monoisotopic (exact) mass is 114 g/mol. The molecule has 0 aromatic carbocycles. The van der Waals surface area contributed by atoms with Gasteiger partial charge in [0.15, 0.2) is 0 Å². The smallest absolute Gasteiger partial charge is 0.149 e. The molecule has 0 saturated carbocycles. The maximum Gasteiger partial charge on any atom is 0.149 e. The summed E-state index contributed by atoms with van der Waals surface area (Å²) in [6.45, 7) is 0. The normalized spacial score (nSPS) is 16.4. The summed E-state index contributed by atoms with van der Waals surface area (Å²) in [6.07, 6.45) is 6.14. The van der Waals surface area contributed by atoms with E-state index in [-0.39, 0.29) is 0 Å². The molecule has 0 saturated heterocycles. The highest BCUT2D eigenvalue weighted by atomic mass is 17.5. The maximum absolute atomic E-state index is 7.74. The fraction of sp³-hybridized carbons (Fsp3) is 0.200. The molecule has 0 bridgehead atoms. The van der Waals surface area contributed by atoms with Crippen molar-refractivity contribution in [2.24, 2.45) is 0 Å². The second-order valence-electron chi connectivity index (χ2n) is 1.42. The van der Waals surface area contributed by atoms with Crippen molar-refractivity contribution < 1.29 is 15.2 Å². The van der Waals surface area contributed by atoms with Gasteiger partial charge >= 0.3 is 0 Å². The van der Waals surface area contributed by atoms with E-state index in [1.807, 2.05) is 12.2 Å². The number of rotatable bonds is 2. The molecule has 1 N–H and O–H groups in total. The van der Waals surface area contributed by atoms with Crippen LogP contribution in [0.4, 0.5) is 0 Å². The molecule has 3 heteroatoms. The van der Waals surface area contributed by atoms with E-state index < -0.39 is 0 Å².